The molecule has 1 heterocycles. The number of sulfonamides is 1. The molecule has 6 nitrogen and oxygen atoms in total. The molecule has 0 saturated carbocycles. The zero-order valence-electron chi connectivity index (χ0n) is 16.8. The van der Waals surface area contributed by atoms with Crippen LogP contribution in [0.1, 0.15) is 42.9 Å². The minimum atomic E-state index is -3.61. The van der Waals surface area contributed by atoms with Crippen LogP contribution in [0.2, 0.25) is 0 Å². The highest BCUT2D eigenvalue weighted by molar-refractivity contribution is 7.89. The predicted octanol–water partition coefficient (Wildman–Crippen LogP) is 3.08. The SMILES string of the molecule is CC(C)N(CCNC(=O)c1ccc(S(=O)(=O)NCc2cccs2)cc1)C(C)C. The molecule has 1 amide bonds. The van der Waals surface area contributed by atoms with Gasteiger partial charge in [0.1, 0.15) is 0 Å². The number of hydrogen-bond donors (Lipinski definition) is 2. The number of rotatable bonds is 10. The molecule has 0 fully saturated rings. The molecular weight excluding hydrogens is 394 g/mol. The molecule has 1 aromatic carbocycles. The number of amides is 1. The van der Waals surface area contributed by atoms with E-state index in [1.165, 1.54) is 35.6 Å². The van der Waals surface area contributed by atoms with Crippen LogP contribution in [0.4, 0.5) is 0 Å². The maximum atomic E-state index is 12.4. The molecule has 2 N–H and O–H groups in total. The molecule has 0 saturated heterocycles. The van der Waals surface area contributed by atoms with Crippen molar-refractivity contribution >= 4 is 27.3 Å². The summed E-state index contributed by atoms with van der Waals surface area (Å²) in [6.07, 6.45) is 0. The normalized spacial score (nSPS) is 12.1. The summed E-state index contributed by atoms with van der Waals surface area (Å²) in [5.74, 6) is -0.206. The van der Waals surface area contributed by atoms with Crippen molar-refractivity contribution < 1.29 is 13.2 Å². The molecule has 0 aliphatic rings. The van der Waals surface area contributed by atoms with Gasteiger partial charge in [-0.25, -0.2) is 13.1 Å². The first-order valence-electron chi connectivity index (χ1n) is 9.36. The van der Waals surface area contributed by atoms with Crippen molar-refractivity contribution in [1.29, 1.82) is 0 Å². The van der Waals surface area contributed by atoms with Gasteiger partial charge in [0, 0.05) is 42.2 Å². The van der Waals surface area contributed by atoms with Gasteiger partial charge in [-0.3, -0.25) is 9.69 Å². The van der Waals surface area contributed by atoms with E-state index in [0.29, 0.717) is 24.2 Å². The molecule has 0 unspecified atom stereocenters. The molecule has 0 spiro atoms. The predicted molar refractivity (Wildman–Crippen MR) is 114 cm³/mol. The van der Waals surface area contributed by atoms with Gasteiger partial charge in [0.25, 0.3) is 5.91 Å². The maximum absolute atomic E-state index is 12.4. The lowest BCUT2D eigenvalue weighted by Gasteiger charge is -2.30. The van der Waals surface area contributed by atoms with Crippen molar-refractivity contribution in [3.05, 3.63) is 52.2 Å². The van der Waals surface area contributed by atoms with Crippen LogP contribution in [0.25, 0.3) is 0 Å². The molecule has 1 aromatic heterocycles. The Bertz CT molecular complexity index is 837. The van der Waals surface area contributed by atoms with Gasteiger partial charge < -0.3 is 5.32 Å². The van der Waals surface area contributed by atoms with Crippen LogP contribution >= 0.6 is 11.3 Å². The van der Waals surface area contributed by atoms with E-state index in [2.05, 4.69) is 42.6 Å². The summed E-state index contributed by atoms with van der Waals surface area (Å²) in [6.45, 7) is 10.1. The van der Waals surface area contributed by atoms with Crippen LogP contribution in [0.3, 0.4) is 0 Å². The Morgan fingerprint density at radius 2 is 1.71 bits per heavy atom. The number of nitrogens with one attached hydrogen (secondary N) is 2. The third-order valence-electron chi connectivity index (χ3n) is 4.43. The molecule has 0 bridgehead atoms. The van der Waals surface area contributed by atoms with Crippen molar-refractivity contribution in [1.82, 2.24) is 14.9 Å². The Kier molecular flexibility index (Phi) is 8.18. The minimum Gasteiger partial charge on any atom is -0.351 e. The molecule has 0 atom stereocenters. The van der Waals surface area contributed by atoms with Crippen LogP contribution in [-0.4, -0.2) is 44.4 Å². The number of hydrogen-bond acceptors (Lipinski definition) is 5. The average molecular weight is 424 g/mol. The van der Waals surface area contributed by atoms with Crippen LogP contribution in [0, 0.1) is 0 Å². The monoisotopic (exact) mass is 423 g/mol. The second kappa shape index (κ2) is 10.2. The molecule has 28 heavy (non-hydrogen) atoms. The van der Waals surface area contributed by atoms with Gasteiger partial charge >= 0.3 is 0 Å². The topological polar surface area (TPSA) is 78.5 Å². The number of thiophene rings is 1. The summed E-state index contributed by atoms with van der Waals surface area (Å²) >= 11 is 1.49. The van der Waals surface area contributed by atoms with Crippen molar-refractivity contribution in [3.63, 3.8) is 0 Å². The Morgan fingerprint density at radius 3 is 2.25 bits per heavy atom. The van der Waals surface area contributed by atoms with E-state index in [0.717, 1.165) is 11.4 Å². The smallest absolute Gasteiger partial charge is 0.251 e. The first-order chi connectivity index (χ1) is 13.2. The molecule has 0 radical (unpaired) electrons. The van der Waals surface area contributed by atoms with E-state index in [9.17, 15) is 13.2 Å². The summed E-state index contributed by atoms with van der Waals surface area (Å²) in [7, 11) is -3.61. The lowest BCUT2D eigenvalue weighted by molar-refractivity contribution is 0.0939. The van der Waals surface area contributed by atoms with Crippen LogP contribution in [0.5, 0.6) is 0 Å². The van der Waals surface area contributed by atoms with Crippen molar-refractivity contribution in [3.8, 4) is 0 Å². The van der Waals surface area contributed by atoms with Gasteiger partial charge in [0.15, 0.2) is 0 Å². The van der Waals surface area contributed by atoms with Crippen LogP contribution in [-0.2, 0) is 16.6 Å². The zero-order valence-corrected chi connectivity index (χ0v) is 18.4. The van der Waals surface area contributed by atoms with Gasteiger partial charge in [0.05, 0.1) is 4.90 Å². The summed E-state index contributed by atoms with van der Waals surface area (Å²) < 4.78 is 27.3. The lowest BCUT2D eigenvalue weighted by atomic mass is 10.2. The Balaban J connectivity index is 1.91. The van der Waals surface area contributed by atoms with E-state index < -0.39 is 10.0 Å². The molecule has 154 valence electrons. The first-order valence-corrected chi connectivity index (χ1v) is 11.7. The first kappa shape index (κ1) is 22.5. The quantitative estimate of drug-likeness (QED) is 0.616. The third-order valence-corrected chi connectivity index (χ3v) is 6.72. The Labute approximate surface area is 172 Å². The fraction of sp³-hybridized carbons (Fsp3) is 0.450. The van der Waals surface area contributed by atoms with E-state index >= 15 is 0 Å². The standard InChI is InChI=1S/C20H29N3O3S2/c1-15(2)23(16(3)4)12-11-21-20(24)17-7-9-19(10-8-17)28(25,26)22-14-18-6-5-13-27-18/h5-10,13,15-16,22H,11-12,14H2,1-4H3,(H,21,24). The summed E-state index contributed by atoms with van der Waals surface area (Å²) in [4.78, 5) is 15.7. The van der Waals surface area contributed by atoms with Crippen molar-refractivity contribution in [2.24, 2.45) is 0 Å². The van der Waals surface area contributed by atoms with Crippen molar-refractivity contribution in [2.45, 2.75) is 51.2 Å². The molecule has 2 aromatic rings. The number of benzene rings is 1. The van der Waals surface area contributed by atoms with Crippen LogP contribution < -0.4 is 10.0 Å². The van der Waals surface area contributed by atoms with Gasteiger partial charge in [0.2, 0.25) is 10.0 Å². The lowest BCUT2D eigenvalue weighted by Crippen LogP contribution is -2.42. The fourth-order valence-electron chi connectivity index (χ4n) is 2.96. The van der Waals surface area contributed by atoms with Crippen molar-refractivity contribution in [2.75, 3.05) is 13.1 Å². The summed E-state index contributed by atoms with van der Waals surface area (Å²) in [5.41, 5.74) is 0.442. The number of carbonyl (C=O) groups is 1. The number of nitrogens with zero attached hydrogens (tertiary/aromatic N) is 1. The van der Waals surface area contributed by atoms with E-state index in [1.54, 1.807) is 0 Å². The highest BCUT2D eigenvalue weighted by Crippen LogP contribution is 2.13. The van der Waals surface area contributed by atoms with Crippen LogP contribution in [0.15, 0.2) is 46.7 Å². The number of carbonyl (C=O) groups excluding carboxylic acids is 1. The van der Waals surface area contributed by atoms with E-state index in [4.69, 9.17) is 0 Å². The third kappa shape index (κ3) is 6.41. The largest absolute Gasteiger partial charge is 0.351 e. The Morgan fingerprint density at radius 1 is 1.07 bits per heavy atom. The van der Waals surface area contributed by atoms with Gasteiger partial charge in [-0.1, -0.05) is 6.07 Å². The second-order valence-corrected chi connectivity index (χ2v) is 9.91. The summed E-state index contributed by atoms with van der Waals surface area (Å²) in [6, 6.07) is 10.6. The van der Waals surface area contributed by atoms with E-state index in [1.807, 2.05) is 17.5 Å². The van der Waals surface area contributed by atoms with E-state index in [-0.39, 0.29) is 17.3 Å². The van der Waals surface area contributed by atoms with Gasteiger partial charge in [-0.2, -0.15) is 0 Å². The van der Waals surface area contributed by atoms with Gasteiger partial charge in [-0.05, 0) is 63.4 Å². The van der Waals surface area contributed by atoms with Gasteiger partial charge in [-0.15, -0.1) is 11.3 Å². The molecule has 2 rings (SSSR count). The minimum absolute atomic E-state index is 0.145. The molecular formula is C20H29N3O3S2. The highest BCUT2D eigenvalue weighted by Gasteiger charge is 2.16. The average Bonchev–Trinajstić information content (AvgIpc) is 3.16. The molecule has 0 aliphatic heterocycles. The fourth-order valence-corrected chi connectivity index (χ4v) is 4.70. The molecule has 0 aliphatic carbocycles. The summed E-state index contributed by atoms with van der Waals surface area (Å²) in [5, 5.41) is 4.80. The maximum Gasteiger partial charge on any atom is 0.251 e. The highest BCUT2D eigenvalue weighted by atomic mass is 32.2. The second-order valence-electron chi connectivity index (χ2n) is 7.11. The Hall–Kier alpha value is -1.74. The zero-order chi connectivity index (χ0) is 20.7. The molecule has 8 heteroatoms.